The number of nitrogens with zero attached hydrogens (tertiary/aromatic N) is 4. The fourth-order valence-electron chi connectivity index (χ4n) is 1.08. The van der Waals surface area contributed by atoms with Crippen LogP contribution in [-0.2, 0) is 0 Å². The molecule has 0 bridgehead atoms. The summed E-state index contributed by atoms with van der Waals surface area (Å²) in [6.07, 6.45) is 1.77. The Morgan fingerprint density at radius 1 is 1.60 bits per heavy atom. The summed E-state index contributed by atoms with van der Waals surface area (Å²) < 4.78 is 0. The summed E-state index contributed by atoms with van der Waals surface area (Å²) in [6, 6.07) is 0. The van der Waals surface area contributed by atoms with Crippen molar-refractivity contribution in [3.63, 3.8) is 0 Å². The lowest BCUT2D eigenvalue weighted by molar-refractivity contribution is -0.385. The fourth-order valence-corrected chi connectivity index (χ4v) is 1.08. The first-order valence-electron chi connectivity index (χ1n) is 4.36. The first kappa shape index (κ1) is 11.3. The van der Waals surface area contributed by atoms with E-state index in [0.29, 0.717) is 12.5 Å². The Labute approximate surface area is 86.5 Å². The number of hydrogen-bond donors (Lipinski definition) is 1. The molecule has 0 saturated heterocycles. The number of nitro groups is 1. The largest absolute Gasteiger partial charge is 0.392 e. The second-order valence-corrected chi connectivity index (χ2v) is 3.23. The van der Waals surface area contributed by atoms with E-state index in [-0.39, 0.29) is 5.69 Å². The van der Waals surface area contributed by atoms with Gasteiger partial charge in [0.2, 0.25) is 5.95 Å². The molecule has 0 aliphatic rings. The molecule has 82 valence electrons. The van der Waals surface area contributed by atoms with Crippen LogP contribution in [0.2, 0.25) is 0 Å². The average molecular weight is 212 g/mol. The zero-order valence-electron chi connectivity index (χ0n) is 8.49. The highest BCUT2D eigenvalue weighted by molar-refractivity contribution is 5.32. The highest BCUT2D eigenvalue weighted by Crippen LogP contribution is 2.10. The van der Waals surface area contributed by atoms with Gasteiger partial charge in [-0.3, -0.25) is 10.1 Å². The predicted molar refractivity (Wildman–Crippen MR) is 53.6 cm³/mol. The highest BCUT2D eigenvalue weighted by atomic mass is 16.6. The van der Waals surface area contributed by atoms with Crippen molar-refractivity contribution in [2.75, 3.05) is 18.5 Å². The van der Waals surface area contributed by atoms with Gasteiger partial charge in [-0.2, -0.15) is 0 Å². The Kier molecular flexibility index (Phi) is 3.51. The molecule has 0 saturated carbocycles. The molecule has 0 radical (unpaired) electrons. The van der Waals surface area contributed by atoms with E-state index in [1.165, 1.54) is 0 Å². The Hall–Kier alpha value is -1.76. The van der Waals surface area contributed by atoms with Crippen molar-refractivity contribution in [3.8, 4) is 0 Å². The third-order valence-corrected chi connectivity index (χ3v) is 1.71. The topological polar surface area (TPSA) is 92.4 Å². The van der Waals surface area contributed by atoms with Gasteiger partial charge < -0.3 is 10.0 Å². The van der Waals surface area contributed by atoms with Gasteiger partial charge in [0.25, 0.3) is 0 Å². The average Bonchev–Trinajstić information content (AvgIpc) is 2.17. The lowest BCUT2D eigenvalue weighted by Gasteiger charge is -2.17. The molecule has 1 N–H and O–H groups in total. The molecule has 1 aromatic heterocycles. The molecule has 15 heavy (non-hydrogen) atoms. The molecule has 0 aliphatic heterocycles. The molecule has 1 atom stereocenters. The van der Waals surface area contributed by atoms with Crippen molar-refractivity contribution in [2.45, 2.75) is 13.0 Å². The van der Waals surface area contributed by atoms with Gasteiger partial charge in [0.05, 0.1) is 11.0 Å². The molecular formula is C8H12N4O3. The van der Waals surface area contributed by atoms with E-state index in [1.807, 2.05) is 0 Å². The van der Waals surface area contributed by atoms with E-state index in [2.05, 4.69) is 9.97 Å². The second-order valence-electron chi connectivity index (χ2n) is 3.23. The van der Waals surface area contributed by atoms with Gasteiger partial charge in [0.15, 0.2) is 0 Å². The quantitative estimate of drug-likeness (QED) is 0.566. The van der Waals surface area contributed by atoms with Crippen molar-refractivity contribution in [1.82, 2.24) is 9.97 Å². The molecule has 7 heteroatoms. The van der Waals surface area contributed by atoms with E-state index < -0.39 is 11.0 Å². The Morgan fingerprint density at radius 2 is 2.13 bits per heavy atom. The molecule has 0 aliphatic carbocycles. The minimum atomic E-state index is -0.557. The second kappa shape index (κ2) is 4.65. The maximum absolute atomic E-state index is 10.3. The van der Waals surface area contributed by atoms with Gasteiger partial charge in [-0.1, -0.05) is 0 Å². The van der Waals surface area contributed by atoms with E-state index >= 15 is 0 Å². The number of hydrogen-bond acceptors (Lipinski definition) is 6. The molecule has 1 unspecified atom stereocenters. The Balaban J connectivity index is 2.75. The summed E-state index contributed by atoms with van der Waals surface area (Å²) in [5.41, 5.74) is -0.149. The standard InChI is InChI=1S/C8H12N4O3/c1-6(13)5-11(2)8-9-3-7(4-10-8)12(14)15/h3-4,6,13H,5H2,1-2H3. The van der Waals surface area contributed by atoms with Crippen molar-refractivity contribution in [1.29, 1.82) is 0 Å². The van der Waals surface area contributed by atoms with Crippen molar-refractivity contribution in [2.24, 2.45) is 0 Å². The van der Waals surface area contributed by atoms with Crippen molar-refractivity contribution >= 4 is 11.6 Å². The third-order valence-electron chi connectivity index (χ3n) is 1.71. The van der Waals surface area contributed by atoms with Crippen LogP contribution in [0.3, 0.4) is 0 Å². The molecule has 1 aromatic rings. The number of rotatable bonds is 4. The zero-order chi connectivity index (χ0) is 11.4. The first-order chi connectivity index (χ1) is 7.00. The summed E-state index contributed by atoms with van der Waals surface area (Å²) in [6.45, 7) is 2.01. The molecule has 7 nitrogen and oxygen atoms in total. The summed E-state index contributed by atoms with van der Waals surface area (Å²) in [5, 5.41) is 19.5. The van der Waals surface area contributed by atoms with Crippen LogP contribution in [0.15, 0.2) is 12.4 Å². The molecule has 1 heterocycles. The van der Waals surface area contributed by atoms with Crippen molar-refractivity contribution in [3.05, 3.63) is 22.5 Å². The Bertz CT molecular complexity index is 338. The van der Waals surface area contributed by atoms with Crippen LogP contribution >= 0.6 is 0 Å². The van der Waals surface area contributed by atoms with Crippen LogP contribution in [-0.4, -0.2) is 39.7 Å². The number of anilines is 1. The number of aromatic nitrogens is 2. The van der Waals surface area contributed by atoms with E-state index in [4.69, 9.17) is 5.11 Å². The minimum absolute atomic E-state index is 0.149. The number of aliphatic hydroxyl groups excluding tert-OH is 1. The lowest BCUT2D eigenvalue weighted by atomic mass is 10.4. The van der Waals surface area contributed by atoms with E-state index in [9.17, 15) is 10.1 Å². The zero-order valence-corrected chi connectivity index (χ0v) is 8.49. The molecule has 0 fully saturated rings. The predicted octanol–water partition coefficient (Wildman–Crippen LogP) is 0.202. The summed E-state index contributed by atoms with van der Waals surface area (Å²) in [5.74, 6) is 0.349. The van der Waals surface area contributed by atoms with Gasteiger partial charge in [-0.05, 0) is 6.92 Å². The van der Waals surface area contributed by atoms with Crippen LogP contribution in [0.4, 0.5) is 11.6 Å². The lowest BCUT2D eigenvalue weighted by Crippen LogP contribution is -2.28. The highest BCUT2D eigenvalue weighted by Gasteiger charge is 2.10. The molecule has 0 aromatic carbocycles. The minimum Gasteiger partial charge on any atom is -0.392 e. The van der Waals surface area contributed by atoms with Crippen molar-refractivity contribution < 1.29 is 10.0 Å². The summed E-state index contributed by atoms with van der Waals surface area (Å²) in [7, 11) is 1.70. The number of likely N-dealkylation sites (N-methyl/N-ethyl adjacent to an activating group) is 1. The monoisotopic (exact) mass is 212 g/mol. The SMILES string of the molecule is CC(O)CN(C)c1ncc([N+](=O)[O-])cn1. The van der Waals surface area contributed by atoms with E-state index in [1.54, 1.807) is 18.9 Å². The summed E-state index contributed by atoms with van der Waals surface area (Å²) in [4.78, 5) is 19.0. The molecule has 1 rings (SSSR count). The van der Waals surface area contributed by atoms with Crippen LogP contribution in [0.5, 0.6) is 0 Å². The normalized spacial score (nSPS) is 12.2. The van der Waals surface area contributed by atoms with Crippen LogP contribution in [0.25, 0.3) is 0 Å². The summed E-state index contributed by atoms with van der Waals surface area (Å²) >= 11 is 0. The van der Waals surface area contributed by atoms with Crippen LogP contribution in [0.1, 0.15) is 6.92 Å². The van der Waals surface area contributed by atoms with E-state index in [0.717, 1.165) is 12.4 Å². The Morgan fingerprint density at radius 3 is 2.53 bits per heavy atom. The van der Waals surface area contributed by atoms with Gasteiger partial charge in [0.1, 0.15) is 12.4 Å². The number of aliphatic hydroxyl groups is 1. The molecular weight excluding hydrogens is 200 g/mol. The first-order valence-corrected chi connectivity index (χ1v) is 4.36. The van der Waals surface area contributed by atoms with Gasteiger partial charge in [-0.25, -0.2) is 9.97 Å². The fraction of sp³-hybridized carbons (Fsp3) is 0.500. The van der Waals surface area contributed by atoms with Crippen LogP contribution in [0, 0.1) is 10.1 Å². The smallest absolute Gasteiger partial charge is 0.305 e. The van der Waals surface area contributed by atoms with Gasteiger partial charge in [-0.15, -0.1) is 0 Å². The maximum atomic E-state index is 10.3. The van der Waals surface area contributed by atoms with Gasteiger partial charge >= 0.3 is 5.69 Å². The third kappa shape index (κ3) is 3.13. The van der Waals surface area contributed by atoms with Crippen LogP contribution < -0.4 is 4.90 Å². The molecule has 0 amide bonds. The molecule has 0 spiro atoms. The van der Waals surface area contributed by atoms with Gasteiger partial charge in [0, 0.05) is 13.6 Å². The maximum Gasteiger partial charge on any atom is 0.305 e.